The van der Waals surface area contributed by atoms with E-state index in [0.29, 0.717) is 25.6 Å². The molecule has 0 N–H and O–H groups in total. The van der Waals surface area contributed by atoms with Crippen LogP contribution < -0.4 is 0 Å². The fraction of sp³-hybridized carbons (Fsp3) is 0.875. The molecule has 0 aromatic rings. The summed E-state index contributed by atoms with van der Waals surface area (Å²) in [5, 5.41) is 3.53. The number of azide groups is 1. The molecule has 78 valence electrons. The molecular weight excluding hydrogens is 184 g/mol. The normalized spacial score (nSPS) is 17.4. The van der Waals surface area contributed by atoms with Crippen LogP contribution in [0.2, 0.25) is 0 Å². The molecule has 1 amide bonds. The minimum absolute atomic E-state index is 0.271. The van der Waals surface area contributed by atoms with Gasteiger partial charge in [-0.15, -0.1) is 0 Å². The van der Waals surface area contributed by atoms with Gasteiger partial charge in [0.2, 0.25) is 0 Å². The van der Waals surface area contributed by atoms with Crippen molar-refractivity contribution in [1.82, 2.24) is 4.90 Å². The fourth-order valence-corrected chi connectivity index (χ4v) is 1.58. The summed E-state index contributed by atoms with van der Waals surface area (Å²) in [5.74, 6) is 0.409. The summed E-state index contributed by atoms with van der Waals surface area (Å²) in [6.45, 7) is 1.92. The lowest BCUT2D eigenvalue weighted by atomic mass is 9.97. The van der Waals surface area contributed by atoms with Gasteiger partial charge in [0.15, 0.2) is 0 Å². The van der Waals surface area contributed by atoms with E-state index in [1.807, 2.05) is 0 Å². The summed E-state index contributed by atoms with van der Waals surface area (Å²) in [7, 11) is 1.38. The van der Waals surface area contributed by atoms with Gasteiger partial charge in [0, 0.05) is 24.5 Å². The number of amides is 1. The van der Waals surface area contributed by atoms with Crippen LogP contribution in [0.25, 0.3) is 10.4 Å². The Morgan fingerprint density at radius 1 is 1.64 bits per heavy atom. The van der Waals surface area contributed by atoms with Crippen LogP contribution in [-0.4, -0.2) is 37.7 Å². The predicted octanol–water partition coefficient (Wildman–Crippen LogP) is 1.78. The first-order valence-corrected chi connectivity index (χ1v) is 4.61. The molecule has 0 unspecified atom stereocenters. The number of hydrogen-bond donors (Lipinski definition) is 0. The summed E-state index contributed by atoms with van der Waals surface area (Å²) in [5.41, 5.74) is 8.15. The summed E-state index contributed by atoms with van der Waals surface area (Å²) in [6.07, 6.45) is 1.50. The van der Waals surface area contributed by atoms with Gasteiger partial charge in [-0.25, -0.2) is 4.79 Å². The Labute approximate surface area is 82.5 Å². The zero-order chi connectivity index (χ0) is 10.4. The van der Waals surface area contributed by atoms with E-state index in [1.165, 1.54) is 7.11 Å². The molecule has 6 heteroatoms. The molecule has 0 atom stereocenters. The SMILES string of the molecule is COC(=O)N1CCC(CN=[N+]=[N-])CC1. The highest BCUT2D eigenvalue weighted by atomic mass is 16.5. The molecule has 1 heterocycles. The van der Waals surface area contributed by atoms with Crippen molar-refractivity contribution in [3.63, 3.8) is 0 Å². The van der Waals surface area contributed by atoms with Crippen LogP contribution >= 0.6 is 0 Å². The number of nitrogens with zero attached hydrogens (tertiary/aromatic N) is 4. The Morgan fingerprint density at radius 3 is 2.79 bits per heavy atom. The van der Waals surface area contributed by atoms with E-state index in [4.69, 9.17) is 5.53 Å². The highest BCUT2D eigenvalue weighted by Gasteiger charge is 2.22. The monoisotopic (exact) mass is 198 g/mol. The zero-order valence-corrected chi connectivity index (χ0v) is 8.22. The van der Waals surface area contributed by atoms with Crippen LogP contribution in [0.15, 0.2) is 5.11 Å². The highest BCUT2D eigenvalue weighted by molar-refractivity contribution is 5.67. The van der Waals surface area contributed by atoms with Crippen molar-refractivity contribution in [2.75, 3.05) is 26.7 Å². The van der Waals surface area contributed by atoms with E-state index < -0.39 is 0 Å². The molecule has 1 fully saturated rings. The molecule has 0 aromatic heterocycles. The van der Waals surface area contributed by atoms with Gasteiger partial charge in [-0.3, -0.25) is 0 Å². The van der Waals surface area contributed by atoms with Crippen molar-refractivity contribution in [3.8, 4) is 0 Å². The third-order valence-corrected chi connectivity index (χ3v) is 2.45. The van der Waals surface area contributed by atoms with Crippen molar-refractivity contribution in [1.29, 1.82) is 0 Å². The molecule has 0 radical (unpaired) electrons. The summed E-state index contributed by atoms with van der Waals surface area (Å²) in [4.78, 5) is 15.5. The van der Waals surface area contributed by atoms with Crippen LogP contribution in [0.1, 0.15) is 12.8 Å². The van der Waals surface area contributed by atoms with Gasteiger partial charge >= 0.3 is 6.09 Å². The van der Waals surface area contributed by atoms with Gasteiger partial charge in [-0.1, -0.05) is 5.11 Å². The lowest BCUT2D eigenvalue weighted by molar-refractivity contribution is 0.107. The minimum Gasteiger partial charge on any atom is -0.453 e. The second-order valence-electron chi connectivity index (χ2n) is 3.31. The van der Waals surface area contributed by atoms with E-state index in [-0.39, 0.29) is 6.09 Å². The van der Waals surface area contributed by atoms with Gasteiger partial charge in [-0.2, -0.15) is 0 Å². The number of piperidine rings is 1. The maximum atomic E-state index is 11.1. The van der Waals surface area contributed by atoms with E-state index >= 15 is 0 Å². The quantitative estimate of drug-likeness (QED) is 0.385. The van der Waals surface area contributed by atoms with Crippen molar-refractivity contribution in [2.24, 2.45) is 11.0 Å². The molecule has 1 saturated heterocycles. The Hall–Kier alpha value is -1.42. The first-order valence-electron chi connectivity index (χ1n) is 4.61. The smallest absolute Gasteiger partial charge is 0.409 e. The summed E-state index contributed by atoms with van der Waals surface area (Å²) < 4.78 is 4.61. The lowest BCUT2D eigenvalue weighted by Crippen LogP contribution is -2.38. The largest absolute Gasteiger partial charge is 0.453 e. The van der Waals surface area contributed by atoms with Crippen LogP contribution in [0.5, 0.6) is 0 Å². The van der Waals surface area contributed by atoms with Gasteiger partial charge in [0.05, 0.1) is 7.11 Å². The molecule has 1 rings (SSSR count). The average Bonchev–Trinajstić information content (AvgIpc) is 2.26. The van der Waals surface area contributed by atoms with Gasteiger partial charge in [0.25, 0.3) is 0 Å². The molecule has 0 bridgehead atoms. The average molecular weight is 198 g/mol. The number of likely N-dealkylation sites (tertiary alicyclic amines) is 1. The van der Waals surface area contributed by atoms with Gasteiger partial charge in [-0.05, 0) is 24.3 Å². The number of carbonyl (C=O) groups excluding carboxylic acids is 1. The molecule has 0 saturated carbocycles. The maximum Gasteiger partial charge on any atom is 0.409 e. The predicted molar refractivity (Wildman–Crippen MR) is 50.7 cm³/mol. The fourth-order valence-electron chi connectivity index (χ4n) is 1.58. The molecule has 1 aliphatic heterocycles. The highest BCUT2D eigenvalue weighted by Crippen LogP contribution is 2.17. The van der Waals surface area contributed by atoms with Crippen molar-refractivity contribution in [3.05, 3.63) is 10.4 Å². The van der Waals surface area contributed by atoms with Crippen LogP contribution in [-0.2, 0) is 4.74 Å². The first kappa shape index (κ1) is 10.7. The molecule has 14 heavy (non-hydrogen) atoms. The van der Waals surface area contributed by atoms with Crippen LogP contribution in [0.4, 0.5) is 4.79 Å². The topological polar surface area (TPSA) is 78.3 Å². The maximum absolute atomic E-state index is 11.1. The second kappa shape index (κ2) is 5.34. The van der Waals surface area contributed by atoms with E-state index in [2.05, 4.69) is 14.8 Å². The van der Waals surface area contributed by atoms with Crippen molar-refractivity contribution >= 4 is 6.09 Å². The standard InChI is InChI=1S/C8H14N4O2/c1-14-8(13)12-4-2-7(3-5-12)6-10-11-9/h7H,2-6H2,1H3. The molecule has 0 spiro atoms. The second-order valence-corrected chi connectivity index (χ2v) is 3.31. The summed E-state index contributed by atoms with van der Waals surface area (Å²) in [6, 6.07) is 0. The van der Waals surface area contributed by atoms with Gasteiger partial charge < -0.3 is 9.64 Å². The Kier molecular flexibility index (Phi) is 4.07. The number of hydrogen-bond acceptors (Lipinski definition) is 3. The summed E-state index contributed by atoms with van der Waals surface area (Å²) >= 11 is 0. The molecule has 0 aromatic carbocycles. The van der Waals surface area contributed by atoms with E-state index in [1.54, 1.807) is 4.90 Å². The Balaban J connectivity index is 2.30. The number of rotatable bonds is 2. The third kappa shape index (κ3) is 2.81. The molecule has 6 nitrogen and oxygen atoms in total. The number of ether oxygens (including phenoxy) is 1. The van der Waals surface area contributed by atoms with E-state index in [9.17, 15) is 4.79 Å². The third-order valence-electron chi connectivity index (χ3n) is 2.45. The lowest BCUT2D eigenvalue weighted by Gasteiger charge is -2.29. The zero-order valence-electron chi connectivity index (χ0n) is 8.22. The minimum atomic E-state index is -0.271. The van der Waals surface area contributed by atoms with Crippen molar-refractivity contribution < 1.29 is 9.53 Å². The van der Waals surface area contributed by atoms with Crippen LogP contribution in [0.3, 0.4) is 0 Å². The van der Waals surface area contributed by atoms with Crippen molar-refractivity contribution in [2.45, 2.75) is 12.8 Å². The van der Waals surface area contributed by atoms with Crippen LogP contribution in [0, 0.1) is 5.92 Å². The Morgan fingerprint density at radius 2 is 2.29 bits per heavy atom. The number of methoxy groups -OCH3 is 1. The van der Waals surface area contributed by atoms with Gasteiger partial charge in [0.1, 0.15) is 0 Å². The Bertz CT molecular complexity index is 242. The van der Waals surface area contributed by atoms with E-state index in [0.717, 1.165) is 12.8 Å². The molecule has 1 aliphatic rings. The number of carbonyl (C=O) groups is 1. The molecular formula is C8H14N4O2. The first-order chi connectivity index (χ1) is 6.77. The molecule has 0 aliphatic carbocycles.